The number of aromatic hydroxyl groups is 1. The quantitative estimate of drug-likeness (QED) is 0.466. The molecule has 0 heterocycles. The number of hydrogen-bond acceptors (Lipinski definition) is 2. The molecule has 0 aliphatic heterocycles. The van der Waals surface area contributed by atoms with Gasteiger partial charge in [-0.25, -0.2) is 0 Å². The second kappa shape index (κ2) is 8.47. The number of rotatable bonds is 5. The summed E-state index contributed by atoms with van der Waals surface area (Å²) >= 11 is 0. The van der Waals surface area contributed by atoms with Crippen molar-refractivity contribution in [2.45, 2.75) is 47.1 Å². The van der Waals surface area contributed by atoms with E-state index in [4.69, 9.17) is 4.74 Å². The van der Waals surface area contributed by atoms with Crippen LogP contribution in [0.1, 0.15) is 50.3 Å². The molecule has 0 fully saturated rings. The lowest BCUT2D eigenvalue weighted by molar-refractivity contribution is 0.306. The molecule has 0 amide bonds. The van der Waals surface area contributed by atoms with Gasteiger partial charge in [0.15, 0.2) is 0 Å². The first-order chi connectivity index (χ1) is 14.9. The van der Waals surface area contributed by atoms with Gasteiger partial charge in [0, 0.05) is 11.5 Å². The number of phenols is 1. The molecule has 2 heteroatoms. The van der Waals surface area contributed by atoms with Crippen LogP contribution in [-0.2, 0) is 6.61 Å². The van der Waals surface area contributed by atoms with Gasteiger partial charge >= 0.3 is 0 Å². The molecule has 158 valence electrons. The zero-order chi connectivity index (χ0) is 22.1. The summed E-state index contributed by atoms with van der Waals surface area (Å²) in [7, 11) is 0. The third-order valence-corrected chi connectivity index (χ3v) is 6.64. The summed E-state index contributed by atoms with van der Waals surface area (Å²) in [6.45, 7) is 11.5. The zero-order valence-electron chi connectivity index (χ0n) is 19.0. The average Bonchev–Trinajstić information content (AvgIpc) is 2.96. The fourth-order valence-electron chi connectivity index (χ4n) is 4.54. The summed E-state index contributed by atoms with van der Waals surface area (Å²) in [4.78, 5) is 0. The molecule has 31 heavy (non-hydrogen) atoms. The highest BCUT2D eigenvalue weighted by Gasteiger charge is 2.28. The first kappa shape index (κ1) is 21.0. The molecular formula is C29H30O2. The van der Waals surface area contributed by atoms with Crippen LogP contribution in [0.2, 0.25) is 0 Å². The lowest BCUT2D eigenvalue weighted by atomic mass is 9.83. The Morgan fingerprint density at radius 2 is 1.42 bits per heavy atom. The maximum Gasteiger partial charge on any atom is 0.123 e. The van der Waals surface area contributed by atoms with Gasteiger partial charge in [-0.05, 0) is 80.7 Å². The van der Waals surface area contributed by atoms with E-state index in [-0.39, 0.29) is 11.7 Å². The number of phenolic OH excluding ortho intramolecular Hbond substituents is 1. The average molecular weight is 411 g/mol. The van der Waals surface area contributed by atoms with Gasteiger partial charge in [0.1, 0.15) is 18.1 Å². The first-order valence-electron chi connectivity index (χ1n) is 10.8. The maximum atomic E-state index is 10.8. The predicted octanol–water partition coefficient (Wildman–Crippen LogP) is 7.72. The van der Waals surface area contributed by atoms with Crippen LogP contribution in [0, 0.1) is 6.92 Å². The van der Waals surface area contributed by atoms with E-state index in [9.17, 15) is 5.11 Å². The standard InChI is InChI=1S/C29H30O2/c1-18-11-13-25(27(15-18)29-21(4)19(2)20(3)22(29)5)26-16-24(12-14-28(26)30)31-17-23-9-7-6-8-10-23/h6-16,29-30H,17H2,1-5H3. The van der Waals surface area contributed by atoms with Gasteiger partial charge in [0.25, 0.3) is 0 Å². The van der Waals surface area contributed by atoms with Crippen LogP contribution in [0.4, 0.5) is 0 Å². The van der Waals surface area contributed by atoms with Crippen LogP contribution in [0.3, 0.4) is 0 Å². The zero-order valence-corrected chi connectivity index (χ0v) is 19.0. The largest absolute Gasteiger partial charge is 0.507 e. The molecule has 3 aromatic carbocycles. The summed E-state index contributed by atoms with van der Waals surface area (Å²) in [6, 6.07) is 22.1. The van der Waals surface area contributed by atoms with Crippen molar-refractivity contribution >= 4 is 0 Å². The molecule has 0 spiro atoms. The molecule has 0 saturated heterocycles. The number of aryl methyl sites for hydroxylation is 1. The van der Waals surface area contributed by atoms with E-state index in [0.29, 0.717) is 6.61 Å². The van der Waals surface area contributed by atoms with Gasteiger partial charge in [-0.1, -0.05) is 65.2 Å². The smallest absolute Gasteiger partial charge is 0.123 e. The SMILES string of the molecule is CC1=C(C)C(c2cc(C)ccc2-c2cc(OCc3ccccc3)ccc2O)C(C)=C1C. The van der Waals surface area contributed by atoms with Gasteiger partial charge in [-0.15, -0.1) is 0 Å². The van der Waals surface area contributed by atoms with Crippen molar-refractivity contribution < 1.29 is 9.84 Å². The monoisotopic (exact) mass is 410 g/mol. The molecule has 0 saturated carbocycles. The van der Waals surface area contributed by atoms with E-state index in [1.165, 1.54) is 33.4 Å². The molecule has 0 unspecified atom stereocenters. The van der Waals surface area contributed by atoms with E-state index in [2.05, 4.69) is 52.8 Å². The van der Waals surface area contributed by atoms with E-state index in [0.717, 1.165) is 22.4 Å². The second-order valence-electron chi connectivity index (χ2n) is 8.59. The van der Waals surface area contributed by atoms with Gasteiger partial charge in [-0.3, -0.25) is 0 Å². The summed E-state index contributed by atoms with van der Waals surface area (Å²) in [5, 5.41) is 10.8. The van der Waals surface area contributed by atoms with E-state index in [1.807, 2.05) is 42.5 Å². The van der Waals surface area contributed by atoms with Gasteiger partial charge in [0.2, 0.25) is 0 Å². The Bertz CT molecular complexity index is 1160. The molecule has 1 aliphatic rings. The Morgan fingerprint density at radius 3 is 2.10 bits per heavy atom. The van der Waals surface area contributed by atoms with Gasteiger partial charge < -0.3 is 9.84 Å². The van der Waals surface area contributed by atoms with Crippen LogP contribution in [0.15, 0.2) is 89.0 Å². The highest BCUT2D eigenvalue weighted by atomic mass is 16.5. The normalized spacial score (nSPS) is 14.5. The van der Waals surface area contributed by atoms with Crippen LogP contribution in [0.25, 0.3) is 11.1 Å². The van der Waals surface area contributed by atoms with Crippen molar-refractivity contribution in [3.63, 3.8) is 0 Å². The van der Waals surface area contributed by atoms with Crippen LogP contribution in [-0.4, -0.2) is 5.11 Å². The van der Waals surface area contributed by atoms with Crippen molar-refractivity contribution in [1.29, 1.82) is 0 Å². The maximum absolute atomic E-state index is 10.8. The van der Waals surface area contributed by atoms with E-state index in [1.54, 1.807) is 6.07 Å². The fourth-order valence-corrected chi connectivity index (χ4v) is 4.54. The second-order valence-corrected chi connectivity index (χ2v) is 8.59. The highest BCUT2D eigenvalue weighted by molar-refractivity contribution is 5.77. The molecule has 1 aliphatic carbocycles. The third kappa shape index (κ3) is 4.03. The third-order valence-electron chi connectivity index (χ3n) is 6.64. The Hall–Kier alpha value is -3.26. The van der Waals surface area contributed by atoms with Crippen LogP contribution < -0.4 is 4.74 Å². The number of hydrogen-bond donors (Lipinski definition) is 1. The summed E-state index contributed by atoms with van der Waals surface area (Å²) in [5.74, 6) is 1.26. The van der Waals surface area contributed by atoms with Gasteiger partial charge in [-0.2, -0.15) is 0 Å². The molecule has 0 radical (unpaired) electrons. The molecule has 0 aromatic heterocycles. The summed E-state index contributed by atoms with van der Waals surface area (Å²) in [5.41, 5.74) is 11.0. The number of ether oxygens (including phenoxy) is 1. The lowest BCUT2D eigenvalue weighted by Gasteiger charge is -2.21. The predicted molar refractivity (Wildman–Crippen MR) is 129 cm³/mol. The molecule has 0 atom stereocenters. The first-order valence-corrected chi connectivity index (χ1v) is 10.8. The van der Waals surface area contributed by atoms with Crippen molar-refractivity contribution in [1.82, 2.24) is 0 Å². The molecular weight excluding hydrogens is 380 g/mol. The fraction of sp³-hybridized carbons (Fsp3) is 0.241. The molecule has 1 N–H and O–H groups in total. The van der Waals surface area contributed by atoms with Crippen LogP contribution >= 0.6 is 0 Å². The summed E-state index contributed by atoms with van der Waals surface area (Å²) < 4.78 is 6.04. The minimum atomic E-state index is 0.239. The number of allylic oxidation sites excluding steroid dienone is 4. The van der Waals surface area contributed by atoms with Crippen LogP contribution in [0.5, 0.6) is 11.5 Å². The Morgan fingerprint density at radius 1 is 0.742 bits per heavy atom. The summed E-state index contributed by atoms with van der Waals surface area (Å²) in [6.07, 6.45) is 0. The Kier molecular flexibility index (Phi) is 5.73. The molecule has 2 nitrogen and oxygen atoms in total. The topological polar surface area (TPSA) is 29.5 Å². The van der Waals surface area contributed by atoms with Crippen molar-refractivity contribution in [2.75, 3.05) is 0 Å². The number of benzene rings is 3. The van der Waals surface area contributed by atoms with E-state index >= 15 is 0 Å². The Labute approximate surface area is 185 Å². The minimum Gasteiger partial charge on any atom is -0.507 e. The van der Waals surface area contributed by atoms with Gasteiger partial charge in [0.05, 0.1) is 0 Å². The van der Waals surface area contributed by atoms with Crippen molar-refractivity contribution in [2.24, 2.45) is 0 Å². The molecule has 0 bridgehead atoms. The van der Waals surface area contributed by atoms with Crippen molar-refractivity contribution in [3.05, 3.63) is 106 Å². The van der Waals surface area contributed by atoms with E-state index < -0.39 is 0 Å². The lowest BCUT2D eigenvalue weighted by Crippen LogP contribution is -2.03. The van der Waals surface area contributed by atoms with Crippen molar-refractivity contribution in [3.8, 4) is 22.6 Å². The molecule has 4 rings (SSSR count). The highest BCUT2D eigenvalue weighted by Crippen LogP contribution is 2.47. The minimum absolute atomic E-state index is 0.239. The Balaban J connectivity index is 1.75. The molecule has 3 aromatic rings.